The monoisotopic (exact) mass is 493 g/mol. The first-order chi connectivity index (χ1) is 16.4. The Kier molecular flexibility index (Phi) is 7.00. The summed E-state index contributed by atoms with van der Waals surface area (Å²) < 4.78 is 2.69. The number of aromatic nitrogens is 1. The number of rotatable bonds is 8. The first-order valence-electron chi connectivity index (χ1n) is 9.99. The van der Waals surface area contributed by atoms with E-state index >= 15 is 0 Å². The maximum atomic E-state index is 12.9. The molecule has 1 aromatic heterocycles. The van der Waals surface area contributed by atoms with Crippen molar-refractivity contribution < 1.29 is 24.9 Å². The van der Waals surface area contributed by atoms with Crippen LogP contribution in [0.15, 0.2) is 72.1 Å². The van der Waals surface area contributed by atoms with E-state index in [-0.39, 0.29) is 16.7 Å². The van der Waals surface area contributed by atoms with Gasteiger partial charge >= 0.3 is 0 Å². The molecule has 1 heterocycles. The van der Waals surface area contributed by atoms with Crippen molar-refractivity contribution >= 4 is 40.1 Å². The van der Waals surface area contributed by atoms with Crippen LogP contribution in [0, 0.1) is 0 Å². The van der Waals surface area contributed by atoms with Crippen molar-refractivity contribution in [1.29, 1.82) is 0 Å². The number of carbonyl (C=O) groups is 2. The molecule has 8 nitrogen and oxygen atoms in total. The minimum atomic E-state index is -0.720. The SMILES string of the molecule is O=C(NSCNc1nc(-c2ccccc2)cs1)c1ccccc1C(=O)c1cc(O)c(O)c(O)c1. The van der Waals surface area contributed by atoms with Gasteiger partial charge in [-0.05, 0) is 30.1 Å². The average molecular weight is 494 g/mol. The maximum Gasteiger partial charge on any atom is 0.261 e. The zero-order valence-corrected chi connectivity index (χ0v) is 19.2. The maximum absolute atomic E-state index is 12.9. The number of hydrogen-bond donors (Lipinski definition) is 5. The van der Waals surface area contributed by atoms with Crippen LogP contribution >= 0.6 is 23.3 Å². The summed E-state index contributed by atoms with van der Waals surface area (Å²) in [5.74, 6) is -2.71. The molecule has 0 atom stereocenters. The van der Waals surface area contributed by atoms with Crippen LogP contribution < -0.4 is 10.0 Å². The van der Waals surface area contributed by atoms with Crippen molar-refractivity contribution in [3.05, 3.63) is 88.8 Å². The van der Waals surface area contributed by atoms with Gasteiger partial charge < -0.3 is 20.6 Å². The molecule has 0 spiro atoms. The lowest BCUT2D eigenvalue weighted by Crippen LogP contribution is -2.21. The van der Waals surface area contributed by atoms with E-state index in [0.29, 0.717) is 11.0 Å². The van der Waals surface area contributed by atoms with E-state index in [1.165, 1.54) is 23.5 Å². The number of amides is 1. The van der Waals surface area contributed by atoms with E-state index in [9.17, 15) is 24.9 Å². The summed E-state index contributed by atoms with van der Waals surface area (Å²) in [6.07, 6.45) is 0. The molecular formula is C24H19N3O5S2. The number of phenolic OH excluding ortho intramolecular Hbond substituents is 3. The Morgan fingerprint density at radius 1 is 0.912 bits per heavy atom. The number of benzene rings is 3. The lowest BCUT2D eigenvalue weighted by Gasteiger charge is -2.10. The first-order valence-corrected chi connectivity index (χ1v) is 11.9. The molecule has 0 aliphatic carbocycles. The van der Waals surface area contributed by atoms with E-state index in [0.717, 1.165) is 35.3 Å². The lowest BCUT2D eigenvalue weighted by atomic mass is 9.97. The number of anilines is 1. The molecule has 0 unspecified atom stereocenters. The molecule has 0 saturated heterocycles. The quantitative estimate of drug-likeness (QED) is 0.0791. The van der Waals surface area contributed by atoms with Crippen LogP contribution in [-0.2, 0) is 0 Å². The molecule has 0 fully saturated rings. The van der Waals surface area contributed by atoms with Gasteiger partial charge in [0.15, 0.2) is 28.2 Å². The zero-order chi connectivity index (χ0) is 24.1. The molecule has 34 heavy (non-hydrogen) atoms. The van der Waals surface area contributed by atoms with Crippen molar-refractivity contribution in [2.75, 3.05) is 11.2 Å². The third kappa shape index (κ3) is 5.13. The summed E-state index contributed by atoms with van der Waals surface area (Å²) in [5.41, 5.74) is 2.03. The van der Waals surface area contributed by atoms with Crippen LogP contribution in [0.3, 0.4) is 0 Å². The Morgan fingerprint density at radius 2 is 1.56 bits per heavy atom. The molecule has 4 aromatic rings. The molecule has 0 bridgehead atoms. The van der Waals surface area contributed by atoms with Gasteiger partial charge in [0.1, 0.15) is 0 Å². The lowest BCUT2D eigenvalue weighted by molar-refractivity contribution is 0.0968. The fourth-order valence-electron chi connectivity index (χ4n) is 3.12. The Hall–Kier alpha value is -4.02. The molecule has 0 saturated carbocycles. The largest absolute Gasteiger partial charge is 0.504 e. The summed E-state index contributed by atoms with van der Waals surface area (Å²) in [7, 11) is 0. The number of nitrogens with zero attached hydrogens (tertiary/aromatic N) is 1. The summed E-state index contributed by atoms with van der Waals surface area (Å²) in [6.45, 7) is 0. The van der Waals surface area contributed by atoms with Gasteiger partial charge in [-0.15, -0.1) is 11.3 Å². The Labute approximate surface area is 203 Å². The Morgan fingerprint density at radius 3 is 2.26 bits per heavy atom. The second-order valence-electron chi connectivity index (χ2n) is 7.04. The van der Waals surface area contributed by atoms with E-state index in [1.54, 1.807) is 12.1 Å². The fraction of sp³-hybridized carbons (Fsp3) is 0.0417. The van der Waals surface area contributed by atoms with Gasteiger partial charge in [-0.3, -0.25) is 14.3 Å². The summed E-state index contributed by atoms with van der Waals surface area (Å²) in [5, 5.41) is 34.7. The van der Waals surface area contributed by atoms with Crippen LogP contribution in [0.4, 0.5) is 5.13 Å². The minimum absolute atomic E-state index is 0.0691. The number of nitrogens with one attached hydrogen (secondary N) is 2. The van der Waals surface area contributed by atoms with Crippen molar-refractivity contribution in [3.63, 3.8) is 0 Å². The van der Waals surface area contributed by atoms with E-state index < -0.39 is 28.9 Å². The summed E-state index contributed by atoms with van der Waals surface area (Å²) in [6, 6.07) is 18.1. The number of hydrogen-bond acceptors (Lipinski definition) is 9. The number of ketones is 1. The highest BCUT2D eigenvalue weighted by Gasteiger charge is 2.20. The van der Waals surface area contributed by atoms with E-state index in [2.05, 4.69) is 15.0 Å². The highest BCUT2D eigenvalue weighted by Crippen LogP contribution is 2.36. The topological polar surface area (TPSA) is 132 Å². The smallest absolute Gasteiger partial charge is 0.261 e. The van der Waals surface area contributed by atoms with Gasteiger partial charge in [0.05, 0.1) is 17.1 Å². The first kappa shape index (κ1) is 23.1. The van der Waals surface area contributed by atoms with Crippen LogP contribution in [-0.4, -0.2) is 37.9 Å². The average Bonchev–Trinajstić information content (AvgIpc) is 3.34. The fourth-order valence-corrected chi connectivity index (χ4v) is 4.45. The number of thiazole rings is 1. The van der Waals surface area contributed by atoms with E-state index in [1.807, 2.05) is 35.7 Å². The van der Waals surface area contributed by atoms with Crippen molar-refractivity contribution in [2.45, 2.75) is 0 Å². The van der Waals surface area contributed by atoms with Crippen LogP contribution in [0.1, 0.15) is 26.3 Å². The minimum Gasteiger partial charge on any atom is -0.504 e. The van der Waals surface area contributed by atoms with Crippen molar-refractivity contribution in [1.82, 2.24) is 9.71 Å². The molecule has 172 valence electrons. The number of aromatic hydroxyl groups is 3. The Bertz CT molecular complexity index is 1320. The van der Waals surface area contributed by atoms with Gasteiger partial charge in [-0.25, -0.2) is 4.98 Å². The second-order valence-corrected chi connectivity index (χ2v) is 8.68. The molecule has 0 radical (unpaired) electrons. The van der Waals surface area contributed by atoms with Gasteiger partial charge in [0, 0.05) is 22.1 Å². The van der Waals surface area contributed by atoms with Crippen LogP contribution in [0.25, 0.3) is 11.3 Å². The van der Waals surface area contributed by atoms with Gasteiger partial charge in [-0.1, -0.05) is 48.5 Å². The third-order valence-electron chi connectivity index (χ3n) is 4.78. The van der Waals surface area contributed by atoms with Gasteiger partial charge in [-0.2, -0.15) is 0 Å². The summed E-state index contributed by atoms with van der Waals surface area (Å²) >= 11 is 2.57. The van der Waals surface area contributed by atoms with Gasteiger partial charge in [0.2, 0.25) is 0 Å². The number of carbonyl (C=O) groups excluding carboxylic acids is 2. The zero-order valence-electron chi connectivity index (χ0n) is 17.6. The Balaban J connectivity index is 1.38. The van der Waals surface area contributed by atoms with Crippen molar-refractivity contribution in [3.8, 4) is 28.5 Å². The highest BCUT2D eigenvalue weighted by molar-refractivity contribution is 7.98. The van der Waals surface area contributed by atoms with Crippen LogP contribution in [0.5, 0.6) is 17.2 Å². The molecule has 5 N–H and O–H groups in total. The molecule has 10 heteroatoms. The molecular weight excluding hydrogens is 474 g/mol. The normalized spacial score (nSPS) is 10.6. The third-order valence-corrected chi connectivity index (χ3v) is 6.20. The molecule has 1 amide bonds. The van der Waals surface area contributed by atoms with Crippen molar-refractivity contribution in [2.24, 2.45) is 0 Å². The number of phenols is 3. The molecule has 0 aliphatic rings. The summed E-state index contributed by atoms with van der Waals surface area (Å²) in [4.78, 5) is 30.2. The van der Waals surface area contributed by atoms with Gasteiger partial charge in [0.25, 0.3) is 5.91 Å². The standard InChI is InChI=1S/C24H19N3O5S2/c28-19-10-15(11-20(29)22(19)31)21(30)16-8-4-5-9-17(16)23(32)27-34-13-25-24-26-18(12-33-24)14-6-2-1-3-7-14/h1-12,28-29,31H,13H2,(H,25,26)(H,27,32). The predicted octanol–water partition coefficient (Wildman–Crippen LogP) is 4.61. The van der Waals surface area contributed by atoms with Crippen LogP contribution in [0.2, 0.25) is 0 Å². The van der Waals surface area contributed by atoms with E-state index in [4.69, 9.17) is 0 Å². The molecule has 3 aromatic carbocycles. The molecule has 4 rings (SSSR count). The second kappa shape index (κ2) is 10.3. The highest BCUT2D eigenvalue weighted by atomic mass is 32.2. The predicted molar refractivity (Wildman–Crippen MR) is 132 cm³/mol. The molecule has 0 aliphatic heterocycles.